The third-order valence-corrected chi connectivity index (χ3v) is 3.01. The van der Waals surface area contributed by atoms with Gasteiger partial charge in [-0.3, -0.25) is 4.79 Å². The molecule has 0 aromatic heterocycles. The third kappa shape index (κ3) is 1.71. The highest BCUT2D eigenvalue weighted by molar-refractivity contribution is 5.78. The van der Waals surface area contributed by atoms with E-state index in [4.69, 9.17) is 5.73 Å². The first-order chi connectivity index (χ1) is 7.09. The molecule has 2 N–H and O–H groups in total. The van der Waals surface area contributed by atoms with E-state index in [1.807, 2.05) is 0 Å². The molecule has 1 aromatic rings. The molecule has 80 valence electrons. The van der Waals surface area contributed by atoms with Crippen molar-refractivity contribution in [2.45, 2.75) is 18.8 Å². The number of hydrogen-bond donors (Lipinski definition) is 1. The van der Waals surface area contributed by atoms with Crippen LogP contribution in [-0.2, 0) is 4.79 Å². The second-order valence-electron chi connectivity index (χ2n) is 3.87. The Balaban J connectivity index is 2.23. The van der Waals surface area contributed by atoms with Crippen LogP contribution < -0.4 is 5.73 Å². The first-order valence-corrected chi connectivity index (χ1v) is 4.84. The summed E-state index contributed by atoms with van der Waals surface area (Å²) in [7, 11) is 0. The van der Waals surface area contributed by atoms with Gasteiger partial charge in [0.25, 0.3) is 0 Å². The molecule has 15 heavy (non-hydrogen) atoms. The summed E-state index contributed by atoms with van der Waals surface area (Å²) < 4.78 is 25.6. The number of hydrogen-bond acceptors (Lipinski definition) is 1. The summed E-state index contributed by atoms with van der Waals surface area (Å²) in [5.41, 5.74) is 5.84. The van der Waals surface area contributed by atoms with Crippen molar-refractivity contribution in [1.82, 2.24) is 0 Å². The molecule has 0 saturated heterocycles. The van der Waals surface area contributed by atoms with Crippen molar-refractivity contribution >= 4 is 5.91 Å². The van der Waals surface area contributed by atoms with Crippen LogP contribution in [0.2, 0.25) is 0 Å². The summed E-state index contributed by atoms with van der Waals surface area (Å²) >= 11 is 0. The fourth-order valence-electron chi connectivity index (χ4n) is 1.98. The lowest BCUT2D eigenvalue weighted by atomic mass is 9.69. The first-order valence-electron chi connectivity index (χ1n) is 4.84. The molecule has 0 aliphatic heterocycles. The van der Waals surface area contributed by atoms with Gasteiger partial charge in [-0.05, 0) is 36.5 Å². The van der Waals surface area contributed by atoms with Crippen molar-refractivity contribution in [3.63, 3.8) is 0 Å². The van der Waals surface area contributed by atoms with E-state index < -0.39 is 11.6 Å². The number of primary amides is 1. The van der Waals surface area contributed by atoms with E-state index in [1.165, 1.54) is 6.07 Å². The van der Waals surface area contributed by atoms with E-state index in [1.54, 1.807) is 0 Å². The molecule has 1 aliphatic rings. The Morgan fingerprint density at radius 3 is 2.47 bits per heavy atom. The topological polar surface area (TPSA) is 43.1 Å². The maximum atomic E-state index is 12.9. The number of halogens is 2. The number of rotatable bonds is 2. The summed E-state index contributed by atoms with van der Waals surface area (Å²) in [6, 6.07) is 3.74. The lowest BCUT2D eigenvalue weighted by Crippen LogP contribution is -2.35. The van der Waals surface area contributed by atoms with Crippen LogP contribution in [0.3, 0.4) is 0 Å². The van der Waals surface area contributed by atoms with Gasteiger partial charge in [-0.2, -0.15) is 0 Å². The number of carbonyl (C=O) groups excluding carboxylic acids is 1. The Hall–Kier alpha value is -1.45. The fourth-order valence-corrected chi connectivity index (χ4v) is 1.98. The molecule has 4 heteroatoms. The number of benzene rings is 1. The minimum Gasteiger partial charge on any atom is -0.369 e. The second-order valence-corrected chi connectivity index (χ2v) is 3.87. The van der Waals surface area contributed by atoms with Gasteiger partial charge < -0.3 is 5.73 Å². The Kier molecular flexibility index (Phi) is 2.42. The van der Waals surface area contributed by atoms with E-state index in [9.17, 15) is 13.6 Å². The van der Waals surface area contributed by atoms with Crippen LogP contribution in [0.25, 0.3) is 0 Å². The highest BCUT2D eigenvalue weighted by atomic mass is 19.2. The monoisotopic (exact) mass is 211 g/mol. The van der Waals surface area contributed by atoms with Gasteiger partial charge in [-0.1, -0.05) is 6.07 Å². The molecule has 2 atom stereocenters. The Bertz CT molecular complexity index is 406. The van der Waals surface area contributed by atoms with Gasteiger partial charge in [0, 0.05) is 5.92 Å². The lowest BCUT2D eigenvalue weighted by Gasteiger charge is -2.34. The molecule has 0 heterocycles. The normalized spacial score (nSPS) is 24.7. The first kappa shape index (κ1) is 10.1. The number of carbonyl (C=O) groups is 1. The summed E-state index contributed by atoms with van der Waals surface area (Å²) in [5.74, 6) is -2.38. The summed E-state index contributed by atoms with van der Waals surface area (Å²) in [6.45, 7) is 0. The fraction of sp³-hybridized carbons (Fsp3) is 0.364. The van der Waals surface area contributed by atoms with Crippen molar-refractivity contribution in [3.8, 4) is 0 Å². The van der Waals surface area contributed by atoms with Crippen molar-refractivity contribution in [1.29, 1.82) is 0 Å². The number of amides is 1. The molecule has 2 nitrogen and oxygen atoms in total. The summed E-state index contributed by atoms with van der Waals surface area (Å²) in [6.07, 6.45) is 1.54. The van der Waals surface area contributed by atoms with Crippen molar-refractivity contribution < 1.29 is 13.6 Å². The second kappa shape index (κ2) is 3.61. The zero-order valence-electron chi connectivity index (χ0n) is 8.04. The van der Waals surface area contributed by atoms with Crippen LogP contribution in [0.1, 0.15) is 24.3 Å². The van der Waals surface area contributed by atoms with Gasteiger partial charge in [-0.25, -0.2) is 8.78 Å². The van der Waals surface area contributed by atoms with Gasteiger partial charge >= 0.3 is 0 Å². The maximum absolute atomic E-state index is 12.9. The molecule has 1 fully saturated rings. The third-order valence-electron chi connectivity index (χ3n) is 3.01. The van der Waals surface area contributed by atoms with Crippen LogP contribution in [0.15, 0.2) is 18.2 Å². The number of nitrogens with two attached hydrogens (primary N) is 1. The van der Waals surface area contributed by atoms with Gasteiger partial charge in [0.05, 0.1) is 0 Å². The quantitative estimate of drug-likeness (QED) is 0.798. The SMILES string of the molecule is NC(=O)[C@@H]1CC[C@H]1c1ccc(F)c(F)c1. The highest BCUT2D eigenvalue weighted by Crippen LogP contribution is 2.42. The van der Waals surface area contributed by atoms with Crippen molar-refractivity contribution in [2.24, 2.45) is 11.7 Å². The average Bonchev–Trinajstić information content (AvgIpc) is 2.08. The van der Waals surface area contributed by atoms with Crippen molar-refractivity contribution in [2.75, 3.05) is 0 Å². The van der Waals surface area contributed by atoms with E-state index in [-0.39, 0.29) is 17.7 Å². The maximum Gasteiger partial charge on any atom is 0.221 e. The molecule has 1 amide bonds. The molecule has 2 rings (SSSR count). The van der Waals surface area contributed by atoms with Gasteiger partial charge in [0.1, 0.15) is 0 Å². The van der Waals surface area contributed by atoms with E-state index in [0.29, 0.717) is 5.56 Å². The van der Waals surface area contributed by atoms with Gasteiger partial charge in [0.15, 0.2) is 11.6 Å². The molecule has 1 aromatic carbocycles. The largest absolute Gasteiger partial charge is 0.369 e. The molecular weight excluding hydrogens is 200 g/mol. The molecule has 0 spiro atoms. The Morgan fingerprint density at radius 1 is 1.27 bits per heavy atom. The van der Waals surface area contributed by atoms with Crippen LogP contribution in [-0.4, -0.2) is 5.91 Å². The zero-order chi connectivity index (χ0) is 11.0. The highest BCUT2D eigenvalue weighted by Gasteiger charge is 2.36. The average molecular weight is 211 g/mol. The molecule has 1 saturated carbocycles. The Labute approximate surface area is 86.1 Å². The Morgan fingerprint density at radius 2 is 2.00 bits per heavy atom. The molecule has 1 aliphatic carbocycles. The molecule has 0 bridgehead atoms. The summed E-state index contributed by atoms with van der Waals surface area (Å²) in [5, 5.41) is 0. The minimum atomic E-state index is -0.873. The van der Waals surface area contributed by atoms with Crippen molar-refractivity contribution in [3.05, 3.63) is 35.4 Å². The van der Waals surface area contributed by atoms with Gasteiger partial charge in [-0.15, -0.1) is 0 Å². The van der Waals surface area contributed by atoms with Crippen LogP contribution in [0, 0.1) is 17.6 Å². The van der Waals surface area contributed by atoms with Gasteiger partial charge in [0.2, 0.25) is 5.91 Å². The lowest BCUT2D eigenvalue weighted by molar-refractivity contribution is -0.125. The van der Waals surface area contributed by atoms with Crippen LogP contribution in [0.4, 0.5) is 8.78 Å². The smallest absolute Gasteiger partial charge is 0.221 e. The van der Waals surface area contributed by atoms with E-state index in [0.717, 1.165) is 25.0 Å². The van der Waals surface area contributed by atoms with Crippen LogP contribution in [0.5, 0.6) is 0 Å². The standard InChI is InChI=1S/C11H11F2NO/c12-9-4-1-6(5-10(9)13)7-2-3-8(7)11(14)15/h1,4-5,7-8H,2-3H2,(H2,14,15)/t7-,8+/m0/s1. The molecule has 0 unspecified atom stereocenters. The molecular formula is C11H11F2NO. The summed E-state index contributed by atoms with van der Waals surface area (Å²) in [4.78, 5) is 11.0. The predicted octanol–water partition coefficient (Wildman–Crippen LogP) is 1.94. The van der Waals surface area contributed by atoms with E-state index >= 15 is 0 Å². The molecule has 0 radical (unpaired) electrons. The zero-order valence-corrected chi connectivity index (χ0v) is 8.04. The van der Waals surface area contributed by atoms with E-state index in [2.05, 4.69) is 0 Å². The minimum absolute atomic E-state index is 0.0439. The van der Waals surface area contributed by atoms with Crippen LogP contribution >= 0.6 is 0 Å². The predicted molar refractivity (Wildman–Crippen MR) is 51.0 cm³/mol.